The topological polar surface area (TPSA) is 70.4 Å². The molecule has 0 spiro atoms. The Morgan fingerprint density at radius 2 is 2.07 bits per heavy atom. The number of carbonyl (C=O) groups excluding carboxylic acids is 1. The molecule has 0 atom stereocenters. The Balaban J connectivity index is 2.04. The highest BCUT2D eigenvalue weighted by Gasteiger charge is 2.09. The van der Waals surface area contributed by atoms with Crippen LogP contribution < -0.4 is 5.48 Å². The van der Waals surface area contributed by atoms with E-state index in [1.54, 1.807) is 11.6 Å². The minimum Gasteiger partial charge on any atom is -0.327 e. The number of aryl methyl sites for hydroxylation is 1. The summed E-state index contributed by atoms with van der Waals surface area (Å²) in [6.45, 7) is 10.7. The summed E-state index contributed by atoms with van der Waals surface area (Å²) in [4.78, 5) is 18.3. The Morgan fingerprint density at radius 1 is 1.26 bits per heavy atom. The van der Waals surface area contributed by atoms with Gasteiger partial charge in [-0.3, -0.25) is 10.0 Å². The third-order valence-corrected chi connectivity index (χ3v) is 4.92. The number of fused-ring (bicyclic) bond motifs is 1. The number of hydrogen-bond acceptors (Lipinski definition) is 4. The van der Waals surface area contributed by atoms with Gasteiger partial charge in [0.15, 0.2) is 0 Å². The van der Waals surface area contributed by atoms with Crippen molar-refractivity contribution in [1.82, 2.24) is 19.9 Å². The first-order valence-corrected chi connectivity index (χ1v) is 9.90. The number of aromatic nitrogens is 2. The van der Waals surface area contributed by atoms with Gasteiger partial charge in [-0.05, 0) is 50.2 Å². The molecular weight excluding hydrogens is 340 g/mol. The number of unbranched alkanes of at least 4 members (excludes halogenated alkanes) is 3. The maximum absolute atomic E-state index is 11.1. The van der Waals surface area contributed by atoms with Crippen molar-refractivity contribution in [2.75, 3.05) is 19.6 Å². The van der Waals surface area contributed by atoms with E-state index in [0.29, 0.717) is 0 Å². The Kier molecular flexibility index (Phi) is 8.48. The molecule has 1 amide bonds. The highest BCUT2D eigenvalue weighted by atomic mass is 16.5. The second-order valence-electron chi connectivity index (χ2n) is 6.86. The lowest BCUT2D eigenvalue weighted by atomic mass is 10.2. The molecule has 0 saturated carbocycles. The van der Waals surface area contributed by atoms with Gasteiger partial charge in [0.2, 0.25) is 0 Å². The fourth-order valence-corrected chi connectivity index (χ4v) is 3.29. The quantitative estimate of drug-likeness (QED) is 0.273. The van der Waals surface area contributed by atoms with Gasteiger partial charge in [-0.25, -0.2) is 10.5 Å². The zero-order chi connectivity index (χ0) is 19.6. The molecule has 0 unspecified atom stereocenters. The standard InChI is InChI=1S/C21H32N4O2/c1-4-6-7-8-13-24(5-2)14-15-25-17(3)22-19-16-18(9-11-20(19)25)10-12-21(26)23-27/h9-12,16,27H,4-8,13-15H2,1-3H3,(H,23,26)/b12-10+. The van der Waals surface area contributed by atoms with Gasteiger partial charge in [-0.1, -0.05) is 39.2 Å². The molecule has 0 aliphatic heterocycles. The van der Waals surface area contributed by atoms with Crippen LogP contribution in [-0.4, -0.2) is 45.2 Å². The highest BCUT2D eigenvalue weighted by molar-refractivity contribution is 5.91. The third kappa shape index (κ3) is 6.19. The van der Waals surface area contributed by atoms with Gasteiger partial charge in [0.05, 0.1) is 11.0 Å². The molecule has 1 heterocycles. The van der Waals surface area contributed by atoms with Gasteiger partial charge in [-0.2, -0.15) is 0 Å². The van der Waals surface area contributed by atoms with E-state index < -0.39 is 5.91 Å². The molecular formula is C21H32N4O2. The van der Waals surface area contributed by atoms with Crippen molar-refractivity contribution >= 4 is 23.0 Å². The van der Waals surface area contributed by atoms with Crippen LogP contribution in [0.25, 0.3) is 17.1 Å². The Labute approximate surface area is 161 Å². The lowest BCUT2D eigenvalue weighted by Gasteiger charge is -2.21. The summed E-state index contributed by atoms with van der Waals surface area (Å²) < 4.78 is 2.26. The molecule has 0 fully saturated rings. The summed E-state index contributed by atoms with van der Waals surface area (Å²) >= 11 is 0. The molecule has 1 aromatic heterocycles. The van der Waals surface area contributed by atoms with E-state index in [-0.39, 0.29) is 0 Å². The predicted octanol–water partition coefficient (Wildman–Crippen LogP) is 3.77. The van der Waals surface area contributed by atoms with E-state index in [9.17, 15) is 4.79 Å². The molecule has 1 aromatic carbocycles. The number of imidazole rings is 1. The van der Waals surface area contributed by atoms with E-state index in [1.165, 1.54) is 31.8 Å². The van der Waals surface area contributed by atoms with Crippen LogP contribution in [-0.2, 0) is 11.3 Å². The summed E-state index contributed by atoms with van der Waals surface area (Å²) in [5.41, 5.74) is 4.50. The van der Waals surface area contributed by atoms with Crippen molar-refractivity contribution in [1.29, 1.82) is 0 Å². The largest absolute Gasteiger partial charge is 0.327 e. The maximum atomic E-state index is 11.1. The lowest BCUT2D eigenvalue weighted by molar-refractivity contribution is -0.124. The van der Waals surface area contributed by atoms with Crippen LogP contribution >= 0.6 is 0 Å². The number of benzene rings is 1. The highest BCUT2D eigenvalue weighted by Crippen LogP contribution is 2.19. The number of likely N-dealkylation sites (N-methyl/N-ethyl adjacent to an activating group) is 1. The van der Waals surface area contributed by atoms with Crippen LogP contribution in [0.2, 0.25) is 0 Å². The van der Waals surface area contributed by atoms with Crippen molar-refractivity contribution in [2.24, 2.45) is 0 Å². The summed E-state index contributed by atoms with van der Waals surface area (Å²) in [7, 11) is 0. The minimum absolute atomic E-state index is 0.546. The van der Waals surface area contributed by atoms with Crippen molar-refractivity contribution in [2.45, 2.75) is 53.0 Å². The first kappa shape index (κ1) is 21.1. The summed E-state index contributed by atoms with van der Waals surface area (Å²) in [5.74, 6) is 0.455. The normalized spacial score (nSPS) is 11.7. The summed E-state index contributed by atoms with van der Waals surface area (Å²) in [6.07, 6.45) is 8.12. The number of hydrogen-bond donors (Lipinski definition) is 2. The SMILES string of the molecule is CCCCCCN(CC)CCn1c(C)nc2cc(/C=C/C(=O)NO)ccc21. The van der Waals surface area contributed by atoms with Gasteiger partial charge >= 0.3 is 0 Å². The average molecular weight is 373 g/mol. The van der Waals surface area contributed by atoms with E-state index in [0.717, 1.165) is 48.6 Å². The number of nitrogens with zero attached hydrogens (tertiary/aromatic N) is 3. The van der Waals surface area contributed by atoms with Crippen LogP contribution in [0.4, 0.5) is 0 Å². The monoisotopic (exact) mass is 372 g/mol. The fraction of sp³-hybridized carbons (Fsp3) is 0.524. The molecule has 2 rings (SSSR count). The van der Waals surface area contributed by atoms with Crippen molar-refractivity contribution in [3.05, 3.63) is 35.7 Å². The number of amides is 1. The Bertz CT molecular complexity index is 767. The average Bonchev–Trinajstić information content (AvgIpc) is 2.99. The second-order valence-corrected chi connectivity index (χ2v) is 6.86. The van der Waals surface area contributed by atoms with E-state index in [4.69, 9.17) is 5.21 Å². The molecule has 148 valence electrons. The van der Waals surface area contributed by atoms with Crippen molar-refractivity contribution < 1.29 is 10.0 Å². The van der Waals surface area contributed by atoms with Crippen molar-refractivity contribution in [3.8, 4) is 0 Å². The molecule has 0 aliphatic carbocycles. The lowest BCUT2D eigenvalue weighted by Crippen LogP contribution is -2.28. The molecule has 2 N–H and O–H groups in total. The first-order valence-electron chi connectivity index (χ1n) is 9.90. The van der Waals surface area contributed by atoms with Gasteiger partial charge in [0.25, 0.3) is 5.91 Å². The van der Waals surface area contributed by atoms with Gasteiger partial charge in [0.1, 0.15) is 5.82 Å². The Morgan fingerprint density at radius 3 is 2.78 bits per heavy atom. The van der Waals surface area contributed by atoms with Gasteiger partial charge in [0, 0.05) is 19.2 Å². The van der Waals surface area contributed by atoms with Crippen molar-refractivity contribution in [3.63, 3.8) is 0 Å². The minimum atomic E-state index is -0.546. The zero-order valence-corrected chi connectivity index (χ0v) is 16.7. The smallest absolute Gasteiger partial charge is 0.267 e. The van der Waals surface area contributed by atoms with Crippen LogP contribution in [0, 0.1) is 6.92 Å². The molecule has 2 aromatic rings. The number of hydroxylamine groups is 1. The molecule has 0 saturated heterocycles. The maximum Gasteiger partial charge on any atom is 0.267 e. The molecule has 0 radical (unpaired) electrons. The zero-order valence-electron chi connectivity index (χ0n) is 16.7. The molecule has 6 heteroatoms. The molecule has 0 bridgehead atoms. The molecule has 6 nitrogen and oxygen atoms in total. The number of nitrogens with one attached hydrogen (secondary N) is 1. The van der Waals surface area contributed by atoms with E-state index in [2.05, 4.69) is 28.3 Å². The third-order valence-electron chi connectivity index (χ3n) is 4.92. The van der Waals surface area contributed by atoms with E-state index >= 15 is 0 Å². The Hall–Kier alpha value is -2.18. The van der Waals surface area contributed by atoms with Crippen LogP contribution in [0.3, 0.4) is 0 Å². The number of carbonyl (C=O) groups is 1. The fourth-order valence-electron chi connectivity index (χ4n) is 3.29. The van der Waals surface area contributed by atoms with Crippen LogP contribution in [0.5, 0.6) is 0 Å². The number of rotatable bonds is 11. The van der Waals surface area contributed by atoms with Gasteiger partial charge in [-0.15, -0.1) is 0 Å². The summed E-state index contributed by atoms with van der Waals surface area (Å²) in [5, 5.41) is 8.56. The molecule has 27 heavy (non-hydrogen) atoms. The summed E-state index contributed by atoms with van der Waals surface area (Å²) in [6, 6.07) is 5.97. The van der Waals surface area contributed by atoms with Gasteiger partial charge < -0.3 is 9.47 Å². The first-order chi connectivity index (χ1) is 13.1. The van der Waals surface area contributed by atoms with Crippen LogP contribution in [0.1, 0.15) is 50.9 Å². The molecule has 0 aliphatic rings. The van der Waals surface area contributed by atoms with E-state index in [1.807, 2.05) is 25.1 Å². The predicted molar refractivity (Wildman–Crippen MR) is 110 cm³/mol. The van der Waals surface area contributed by atoms with Crippen LogP contribution in [0.15, 0.2) is 24.3 Å². The second kappa shape index (κ2) is 10.8.